The summed E-state index contributed by atoms with van der Waals surface area (Å²) >= 11 is 0. The highest BCUT2D eigenvalue weighted by Crippen LogP contribution is 2.35. The van der Waals surface area contributed by atoms with Crippen molar-refractivity contribution in [1.29, 1.82) is 0 Å². The summed E-state index contributed by atoms with van der Waals surface area (Å²) < 4.78 is 12.8. The maximum Gasteiger partial charge on any atom is 0.166 e. The van der Waals surface area contributed by atoms with Crippen molar-refractivity contribution in [3.8, 4) is 22.9 Å². The van der Waals surface area contributed by atoms with Gasteiger partial charge in [0.25, 0.3) is 0 Å². The minimum Gasteiger partial charge on any atom is -0.493 e. The van der Waals surface area contributed by atoms with E-state index in [0.717, 1.165) is 28.0 Å². The first kappa shape index (κ1) is 13.8. The van der Waals surface area contributed by atoms with Gasteiger partial charge in [-0.1, -0.05) is 6.07 Å². The molecule has 2 heterocycles. The van der Waals surface area contributed by atoms with E-state index in [1.807, 2.05) is 36.4 Å². The van der Waals surface area contributed by atoms with Gasteiger partial charge in [0.1, 0.15) is 5.82 Å². The second kappa shape index (κ2) is 5.12. The van der Waals surface area contributed by atoms with E-state index in [4.69, 9.17) is 14.5 Å². The van der Waals surface area contributed by atoms with Crippen LogP contribution >= 0.6 is 0 Å². The highest BCUT2D eigenvalue weighted by atomic mass is 16.5. The molecule has 1 aliphatic heterocycles. The highest BCUT2D eigenvalue weighted by molar-refractivity contribution is 6.08. The lowest BCUT2D eigenvalue weighted by atomic mass is 10.0. The molecule has 4 rings (SSSR count). The van der Waals surface area contributed by atoms with Crippen LogP contribution < -0.4 is 9.47 Å². The van der Waals surface area contributed by atoms with Gasteiger partial charge in [0.05, 0.1) is 25.3 Å². The Labute approximate surface area is 133 Å². The molecule has 0 N–H and O–H groups in total. The third kappa shape index (κ3) is 2.00. The molecule has 3 aromatic rings. The molecule has 0 aliphatic carbocycles. The number of carbonyl (C=O) groups excluding carboxylic acids is 1. The van der Waals surface area contributed by atoms with E-state index < -0.39 is 0 Å². The number of ketones is 1. The quantitative estimate of drug-likeness (QED) is 0.745. The van der Waals surface area contributed by atoms with Crippen LogP contribution in [0.3, 0.4) is 0 Å². The number of methoxy groups -OCH3 is 2. The van der Waals surface area contributed by atoms with Crippen LogP contribution in [0.25, 0.3) is 22.4 Å². The fraction of sp³-hybridized carbons (Fsp3) is 0.222. The number of para-hydroxylation sites is 1. The molecule has 0 unspecified atom stereocenters. The number of benzene rings is 2. The summed E-state index contributed by atoms with van der Waals surface area (Å²) in [5, 5.41) is 0. The van der Waals surface area contributed by atoms with Gasteiger partial charge in [-0.15, -0.1) is 0 Å². The van der Waals surface area contributed by atoms with Crippen molar-refractivity contribution in [2.45, 2.75) is 13.0 Å². The Morgan fingerprint density at radius 3 is 2.70 bits per heavy atom. The van der Waals surface area contributed by atoms with Gasteiger partial charge in [0.15, 0.2) is 17.3 Å². The van der Waals surface area contributed by atoms with Gasteiger partial charge < -0.3 is 14.0 Å². The van der Waals surface area contributed by atoms with Gasteiger partial charge in [-0.25, -0.2) is 4.98 Å². The summed E-state index contributed by atoms with van der Waals surface area (Å²) in [5.41, 5.74) is 3.47. The van der Waals surface area contributed by atoms with Crippen LogP contribution in [0.1, 0.15) is 16.8 Å². The molecule has 1 aromatic heterocycles. The van der Waals surface area contributed by atoms with Gasteiger partial charge in [-0.3, -0.25) is 4.79 Å². The summed E-state index contributed by atoms with van der Waals surface area (Å²) in [5.74, 6) is 2.38. The number of rotatable bonds is 3. The molecule has 23 heavy (non-hydrogen) atoms. The van der Waals surface area contributed by atoms with Crippen molar-refractivity contribution in [1.82, 2.24) is 9.55 Å². The molecule has 0 spiro atoms. The van der Waals surface area contributed by atoms with Crippen LogP contribution in [0.5, 0.6) is 11.5 Å². The molecule has 1 aliphatic rings. The number of ether oxygens (including phenoxy) is 2. The highest BCUT2D eigenvalue weighted by Gasteiger charge is 2.23. The first-order chi connectivity index (χ1) is 11.2. The Kier molecular flexibility index (Phi) is 3.08. The monoisotopic (exact) mass is 308 g/mol. The standard InChI is InChI=1S/C18H16N2O3/c1-22-15-7-6-11(10-16(15)23-2)18-19-13-5-3-4-12-14(21)8-9-20(18)17(12)13/h3-7,10H,8-9H2,1-2H3. The predicted molar refractivity (Wildman–Crippen MR) is 87.2 cm³/mol. The topological polar surface area (TPSA) is 53.4 Å². The van der Waals surface area contributed by atoms with Crippen LogP contribution in [0.15, 0.2) is 36.4 Å². The third-order valence-electron chi connectivity index (χ3n) is 4.27. The van der Waals surface area contributed by atoms with Crippen LogP contribution in [0.2, 0.25) is 0 Å². The molecule has 5 heteroatoms. The van der Waals surface area contributed by atoms with E-state index in [1.54, 1.807) is 14.2 Å². The zero-order valence-corrected chi connectivity index (χ0v) is 13.0. The van der Waals surface area contributed by atoms with Crippen LogP contribution in [0.4, 0.5) is 0 Å². The van der Waals surface area contributed by atoms with Gasteiger partial charge >= 0.3 is 0 Å². The van der Waals surface area contributed by atoms with Crippen LogP contribution in [0, 0.1) is 0 Å². The molecule has 5 nitrogen and oxygen atoms in total. The molecule has 0 atom stereocenters. The zero-order valence-electron chi connectivity index (χ0n) is 13.0. The lowest BCUT2D eigenvalue weighted by molar-refractivity contribution is 0.0973. The van der Waals surface area contributed by atoms with E-state index in [1.165, 1.54) is 0 Å². The first-order valence-electron chi connectivity index (χ1n) is 7.48. The van der Waals surface area contributed by atoms with Crippen molar-refractivity contribution in [2.75, 3.05) is 14.2 Å². The summed E-state index contributed by atoms with van der Waals surface area (Å²) in [6, 6.07) is 11.5. The van der Waals surface area contributed by atoms with Crippen molar-refractivity contribution in [2.24, 2.45) is 0 Å². The maximum atomic E-state index is 12.1. The molecule has 0 bridgehead atoms. The second-order valence-electron chi connectivity index (χ2n) is 5.50. The van der Waals surface area contributed by atoms with Crippen LogP contribution in [-0.4, -0.2) is 29.6 Å². The molecule has 0 saturated heterocycles. The number of aryl methyl sites for hydroxylation is 1. The maximum absolute atomic E-state index is 12.1. The number of nitrogens with zero attached hydrogens (tertiary/aromatic N) is 2. The molecular formula is C18H16N2O3. The lowest BCUT2D eigenvalue weighted by Crippen LogP contribution is -2.14. The Hall–Kier alpha value is -2.82. The third-order valence-corrected chi connectivity index (χ3v) is 4.27. The molecule has 0 radical (unpaired) electrons. The van der Waals surface area contributed by atoms with Crippen molar-refractivity contribution < 1.29 is 14.3 Å². The summed E-state index contributed by atoms with van der Waals surface area (Å²) in [6.45, 7) is 0.649. The Bertz CT molecular complexity index is 927. The Morgan fingerprint density at radius 1 is 1.09 bits per heavy atom. The average molecular weight is 308 g/mol. The van der Waals surface area contributed by atoms with Crippen molar-refractivity contribution >= 4 is 16.8 Å². The molecule has 0 fully saturated rings. The fourth-order valence-electron chi connectivity index (χ4n) is 3.17. The molecule has 2 aromatic carbocycles. The summed E-state index contributed by atoms with van der Waals surface area (Å²) in [4.78, 5) is 16.9. The SMILES string of the molecule is COc1ccc(-c2nc3cccc4c3n2CCC4=O)cc1OC. The normalized spacial score (nSPS) is 13.4. The number of hydrogen-bond acceptors (Lipinski definition) is 4. The minimum atomic E-state index is 0.182. The fourth-order valence-corrected chi connectivity index (χ4v) is 3.17. The Morgan fingerprint density at radius 2 is 1.91 bits per heavy atom. The summed E-state index contributed by atoms with van der Waals surface area (Å²) in [7, 11) is 3.23. The van der Waals surface area contributed by atoms with E-state index in [-0.39, 0.29) is 5.78 Å². The average Bonchev–Trinajstić information content (AvgIpc) is 2.97. The smallest absolute Gasteiger partial charge is 0.166 e. The molecule has 0 saturated carbocycles. The van der Waals surface area contributed by atoms with Crippen molar-refractivity contribution in [3.63, 3.8) is 0 Å². The van der Waals surface area contributed by atoms with Gasteiger partial charge in [0.2, 0.25) is 0 Å². The van der Waals surface area contributed by atoms with Crippen molar-refractivity contribution in [3.05, 3.63) is 42.0 Å². The van der Waals surface area contributed by atoms with Gasteiger partial charge in [-0.2, -0.15) is 0 Å². The molecular weight excluding hydrogens is 292 g/mol. The number of imidazole rings is 1. The van der Waals surface area contributed by atoms with Gasteiger partial charge in [-0.05, 0) is 30.3 Å². The number of Topliss-reactive ketones (excluding diaryl/α,β-unsaturated/α-hetero) is 1. The van der Waals surface area contributed by atoms with E-state index in [2.05, 4.69) is 4.57 Å². The second-order valence-corrected chi connectivity index (χ2v) is 5.50. The lowest BCUT2D eigenvalue weighted by Gasteiger charge is -2.16. The molecule has 116 valence electrons. The van der Waals surface area contributed by atoms with Crippen LogP contribution in [-0.2, 0) is 6.54 Å². The van der Waals surface area contributed by atoms with E-state index >= 15 is 0 Å². The number of carbonyl (C=O) groups is 1. The first-order valence-corrected chi connectivity index (χ1v) is 7.48. The van der Waals surface area contributed by atoms with E-state index in [9.17, 15) is 4.79 Å². The zero-order chi connectivity index (χ0) is 16.0. The van der Waals surface area contributed by atoms with E-state index in [0.29, 0.717) is 24.5 Å². The number of aromatic nitrogens is 2. The summed E-state index contributed by atoms with van der Waals surface area (Å²) in [6.07, 6.45) is 0.503. The largest absolute Gasteiger partial charge is 0.493 e. The van der Waals surface area contributed by atoms with Gasteiger partial charge in [0, 0.05) is 24.1 Å². The number of hydrogen-bond donors (Lipinski definition) is 0. The molecule has 0 amide bonds. The Balaban J connectivity index is 1.96. The predicted octanol–water partition coefficient (Wildman–Crippen LogP) is 3.31. The minimum absolute atomic E-state index is 0.182.